The number of anilines is 1. The third-order valence-electron chi connectivity index (χ3n) is 3.36. The van der Waals surface area contributed by atoms with E-state index < -0.39 is 5.97 Å². The van der Waals surface area contributed by atoms with E-state index >= 15 is 0 Å². The second-order valence-corrected chi connectivity index (χ2v) is 4.74. The first-order valence-corrected chi connectivity index (χ1v) is 6.36. The van der Waals surface area contributed by atoms with E-state index in [1.54, 1.807) is 25.3 Å². The summed E-state index contributed by atoms with van der Waals surface area (Å²) in [5, 5.41) is 12.8. The van der Waals surface area contributed by atoms with E-state index in [4.69, 9.17) is 5.11 Å². The summed E-state index contributed by atoms with van der Waals surface area (Å²) < 4.78 is 0. The van der Waals surface area contributed by atoms with Crippen LogP contribution in [0.25, 0.3) is 10.9 Å². The molecule has 4 N–H and O–H groups in total. The predicted molar refractivity (Wildman–Crippen MR) is 78.7 cm³/mol. The van der Waals surface area contributed by atoms with Crippen LogP contribution in [0, 0.1) is 6.92 Å². The standard InChI is InChI=1S/C15H13N3O3/c1-8-13(15(20)21)12(7-17-8)18-14(19)10-3-2-9-4-5-16-11(9)6-10/h2-7,16-17H,1H3,(H,18,19)(H,20,21). The molecule has 0 aliphatic rings. The first kappa shape index (κ1) is 13.0. The average molecular weight is 283 g/mol. The maximum atomic E-state index is 12.2. The van der Waals surface area contributed by atoms with Crippen molar-refractivity contribution in [1.82, 2.24) is 9.97 Å². The van der Waals surface area contributed by atoms with Gasteiger partial charge in [-0.2, -0.15) is 0 Å². The SMILES string of the molecule is Cc1[nH]cc(NC(=O)c2ccc3cc[nH]c3c2)c1C(=O)O. The lowest BCUT2D eigenvalue weighted by atomic mass is 10.1. The van der Waals surface area contributed by atoms with E-state index in [1.165, 1.54) is 6.20 Å². The number of amides is 1. The van der Waals surface area contributed by atoms with Crippen LogP contribution in [0.4, 0.5) is 5.69 Å². The van der Waals surface area contributed by atoms with Crippen LogP contribution in [0.2, 0.25) is 0 Å². The number of H-pyrrole nitrogens is 2. The number of aromatic nitrogens is 2. The second kappa shape index (κ2) is 4.82. The summed E-state index contributed by atoms with van der Waals surface area (Å²) in [7, 11) is 0. The van der Waals surface area contributed by atoms with Crippen LogP contribution in [0.15, 0.2) is 36.7 Å². The molecule has 6 heteroatoms. The van der Waals surface area contributed by atoms with E-state index in [9.17, 15) is 9.59 Å². The maximum Gasteiger partial charge on any atom is 0.339 e. The molecular formula is C15H13N3O3. The summed E-state index contributed by atoms with van der Waals surface area (Å²) in [6, 6.07) is 7.17. The summed E-state index contributed by atoms with van der Waals surface area (Å²) in [5.41, 5.74) is 2.14. The Bertz CT molecular complexity index is 845. The number of aromatic carboxylic acids is 1. The summed E-state index contributed by atoms with van der Waals surface area (Å²) in [6.07, 6.45) is 3.27. The van der Waals surface area contributed by atoms with Crippen molar-refractivity contribution in [2.24, 2.45) is 0 Å². The number of hydrogen-bond donors (Lipinski definition) is 4. The van der Waals surface area contributed by atoms with Crippen LogP contribution in [0.1, 0.15) is 26.4 Å². The molecule has 2 heterocycles. The highest BCUT2D eigenvalue weighted by molar-refractivity contribution is 6.09. The Labute approximate surface area is 119 Å². The number of fused-ring (bicyclic) bond motifs is 1. The zero-order valence-electron chi connectivity index (χ0n) is 11.2. The molecule has 2 aromatic heterocycles. The fraction of sp³-hybridized carbons (Fsp3) is 0.0667. The maximum absolute atomic E-state index is 12.2. The number of carbonyl (C=O) groups is 2. The highest BCUT2D eigenvalue weighted by atomic mass is 16.4. The summed E-state index contributed by atoms with van der Waals surface area (Å²) in [5.74, 6) is -1.43. The molecule has 0 spiro atoms. The average Bonchev–Trinajstić information content (AvgIpc) is 3.04. The molecule has 0 saturated heterocycles. The van der Waals surface area contributed by atoms with Gasteiger partial charge in [-0.3, -0.25) is 4.79 Å². The van der Waals surface area contributed by atoms with Crippen molar-refractivity contribution < 1.29 is 14.7 Å². The molecule has 106 valence electrons. The normalized spacial score (nSPS) is 10.7. The van der Waals surface area contributed by atoms with Gasteiger partial charge in [0.05, 0.1) is 5.69 Å². The summed E-state index contributed by atoms with van der Waals surface area (Å²) in [4.78, 5) is 29.2. The molecule has 0 bridgehead atoms. The van der Waals surface area contributed by atoms with Crippen molar-refractivity contribution in [2.75, 3.05) is 5.32 Å². The number of carboxylic acid groups (broad SMARTS) is 1. The van der Waals surface area contributed by atoms with Gasteiger partial charge in [-0.1, -0.05) is 6.07 Å². The molecule has 0 aliphatic heterocycles. The van der Waals surface area contributed by atoms with Crippen LogP contribution in [-0.2, 0) is 0 Å². The Hall–Kier alpha value is -3.02. The molecule has 1 aromatic carbocycles. The number of nitrogens with one attached hydrogen (secondary N) is 3. The van der Waals surface area contributed by atoms with Gasteiger partial charge in [-0.05, 0) is 30.5 Å². The van der Waals surface area contributed by atoms with E-state index in [0.29, 0.717) is 11.3 Å². The molecule has 21 heavy (non-hydrogen) atoms. The van der Waals surface area contributed by atoms with Gasteiger partial charge in [0.1, 0.15) is 5.56 Å². The van der Waals surface area contributed by atoms with E-state index in [0.717, 1.165) is 10.9 Å². The third-order valence-corrected chi connectivity index (χ3v) is 3.36. The first-order chi connectivity index (χ1) is 10.1. The van der Waals surface area contributed by atoms with Crippen LogP contribution in [-0.4, -0.2) is 27.0 Å². The van der Waals surface area contributed by atoms with Crippen molar-refractivity contribution in [1.29, 1.82) is 0 Å². The van der Waals surface area contributed by atoms with Gasteiger partial charge in [0.25, 0.3) is 5.91 Å². The zero-order chi connectivity index (χ0) is 15.0. The van der Waals surface area contributed by atoms with Gasteiger partial charge < -0.3 is 20.4 Å². The Morgan fingerprint density at radius 2 is 2.00 bits per heavy atom. The van der Waals surface area contributed by atoms with Gasteiger partial charge >= 0.3 is 5.97 Å². The van der Waals surface area contributed by atoms with Gasteiger partial charge in [-0.25, -0.2) is 4.79 Å². The third kappa shape index (κ3) is 2.27. The molecule has 6 nitrogen and oxygen atoms in total. The highest BCUT2D eigenvalue weighted by Gasteiger charge is 2.17. The molecule has 0 saturated carbocycles. The topological polar surface area (TPSA) is 98.0 Å². The molecule has 1 amide bonds. The number of benzene rings is 1. The van der Waals surface area contributed by atoms with Crippen molar-refractivity contribution in [2.45, 2.75) is 6.92 Å². The fourth-order valence-electron chi connectivity index (χ4n) is 2.28. The number of aryl methyl sites for hydroxylation is 1. The first-order valence-electron chi connectivity index (χ1n) is 6.36. The minimum absolute atomic E-state index is 0.0734. The monoisotopic (exact) mass is 283 g/mol. The van der Waals surface area contributed by atoms with Gasteiger partial charge in [0, 0.05) is 29.2 Å². The summed E-state index contributed by atoms with van der Waals surface area (Å²) in [6.45, 7) is 1.64. The number of hydrogen-bond acceptors (Lipinski definition) is 2. The Morgan fingerprint density at radius 3 is 2.76 bits per heavy atom. The minimum atomic E-state index is -1.08. The van der Waals surface area contributed by atoms with Gasteiger partial charge in [0.2, 0.25) is 0 Å². The highest BCUT2D eigenvalue weighted by Crippen LogP contribution is 2.21. The van der Waals surface area contributed by atoms with E-state index in [2.05, 4.69) is 15.3 Å². The van der Waals surface area contributed by atoms with Gasteiger partial charge in [-0.15, -0.1) is 0 Å². The molecule has 0 radical (unpaired) electrons. The van der Waals surface area contributed by atoms with Crippen molar-refractivity contribution in [3.05, 3.63) is 53.5 Å². The molecule has 3 aromatic rings. The number of rotatable bonds is 3. The molecule has 0 atom stereocenters. The second-order valence-electron chi connectivity index (χ2n) is 4.74. The molecule has 3 rings (SSSR count). The van der Waals surface area contributed by atoms with Crippen LogP contribution in [0.3, 0.4) is 0 Å². The number of carbonyl (C=O) groups excluding carboxylic acids is 1. The Balaban J connectivity index is 1.91. The van der Waals surface area contributed by atoms with Crippen LogP contribution in [0.5, 0.6) is 0 Å². The molecule has 0 aliphatic carbocycles. The lowest BCUT2D eigenvalue weighted by Gasteiger charge is -2.05. The van der Waals surface area contributed by atoms with Crippen LogP contribution >= 0.6 is 0 Å². The van der Waals surface area contributed by atoms with Crippen molar-refractivity contribution in [3.8, 4) is 0 Å². The lowest BCUT2D eigenvalue weighted by molar-refractivity contribution is 0.0697. The lowest BCUT2D eigenvalue weighted by Crippen LogP contribution is -2.14. The number of carboxylic acids is 1. The van der Waals surface area contributed by atoms with Crippen molar-refractivity contribution in [3.63, 3.8) is 0 Å². The predicted octanol–water partition coefficient (Wildman–Crippen LogP) is 2.75. The van der Waals surface area contributed by atoms with E-state index in [1.807, 2.05) is 12.1 Å². The Morgan fingerprint density at radius 1 is 1.19 bits per heavy atom. The fourth-order valence-corrected chi connectivity index (χ4v) is 2.28. The molecule has 0 fully saturated rings. The number of aromatic amines is 2. The van der Waals surface area contributed by atoms with E-state index in [-0.39, 0.29) is 17.2 Å². The largest absolute Gasteiger partial charge is 0.478 e. The summed E-state index contributed by atoms with van der Waals surface area (Å²) >= 11 is 0. The smallest absolute Gasteiger partial charge is 0.339 e. The molecular weight excluding hydrogens is 270 g/mol. The Kier molecular flexibility index (Phi) is 2.98. The molecule has 0 unspecified atom stereocenters. The zero-order valence-corrected chi connectivity index (χ0v) is 11.2. The minimum Gasteiger partial charge on any atom is -0.478 e. The van der Waals surface area contributed by atoms with Crippen LogP contribution < -0.4 is 5.32 Å². The van der Waals surface area contributed by atoms with Gasteiger partial charge in [0.15, 0.2) is 0 Å². The van der Waals surface area contributed by atoms with Crippen molar-refractivity contribution >= 4 is 28.5 Å². The quantitative estimate of drug-likeness (QED) is 0.595.